The fourth-order valence-electron chi connectivity index (χ4n) is 3.57. The summed E-state index contributed by atoms with van der Waals surface area (Å²) in [7, 11) is 0. The maximum atomic E-state index is 12.9. The normalized spacial score (nSPS) is 29.3. The first-order valence-corrected chi connectivity index (χ1v) is 8.70. The molecule has 1 aromatic rings. The van der Waals surface area contributed by atoms with Crippen LogP contribution in [0.3, 0.4) is 0 Å². The minimum Gasteiger partial charge on any atom is -0.343 e. The molecule has 0 spiro atoms. The molecule has 3 nitrogen and oxygen atoms in total. The van der Waals surface area contributed by atoms with Crippen LogP contribution in [0.2, 0.25) is 0 Å². The van der Waals surface area contributed by atoms with Crippen LogP contribution in [0, 0.1) is 40.8 Å². The van der Waals surface area contributed by atoms with Crippen LogP contribution in [0.4, 0.5) is 4.39 Å². The van der Waals surface area contributed by atoms with Crippen LogP contribution in [0.1, 0.15) is 19.3 Å². The maximum Gasteiger partial charge on any atom is 0.224 e. The zero-order valence-electron chi connectivity index (χ0n) is 12.3. The van der Waals surface area contributed by atoms with E-state index in [1.54, 1.807) is 23.9 Å². The van der Waals surface area contributed by atoms with E-state index in [0.29, 0.717) is 17.8 Å². The lowest BCUT2D eigenvalue weighted by molar-refractivity contribution is -0.127. The first-order valence-electron chi connectivity index (χ1n) is 7.72. The van der Waals surface area contributed by atoms with Crippen molar-refractivity contribution in [2.45, 2.75) is 24.2 Å². The number of rotatable bonds is 5. The van der Waals surface area contributed by atoms with Gasteiger partial charge in [-0.2, -0.15) is 5.26 Å². The summed E-state index contributed by atoms with van der Waals surface area (Å²) < 4.78 is 12.9. The number of nitrogens with zero attached hydrogens (tertiary/aromatic N) is 1. The summed E-state index contributed by atoms with van der Waals surface area (Å²) in [5, 5.41) is 11.4. The Bertz CT molecular complexity index is 583. The number of hydrogen-bond acceptors (Lipinski definition) is 3. The van der Waals surface area contributed by atoms with Gasteiger partial charge in [-0.1, -0.05) is 0 Å². The van der Waals surface area contributed by atoms with Gasteiger partial charge in [-0.05, 0) is 61.3 Å². The second-order valence-corrected chi connectivity index (χ2v) is 7.26. The Kier molecular flexibility index (Phi) is 4.68. The molecule has 0 radical (unpaired) electrons. The Morgan fingerprint density at radius 3 is 2.86 bits per heavy atom. The van der Waals surface area contributed by atoms with Crippen LogP contribution in [-0.4, -0.2) is 18.2 Å². The fourth-order valence-corrected chi connectivity index (χ4v) is 4.68. The first kappa shape index (κ1) is 15.4. The average Bonchev–Trinajstić information content (AvgIpc) is 3.31. The highest BCUT2D eigenvalue weighted by Gasteiger charge is 2.51. The van der Waals surface area contributed by atoms with E-state index < -0.39 is 0 Å². The van der Waals surface area contributed by atoms with Crippen LogP contribution in [0.25, 0.3) is 0 Å². The lowest BCUT2D eigenvalue weighted by atomic mass is 9.79. The Balaban J connectivity index is 1.61. The van der Waals surface area contributed by atoms with Crippen molar-refractivity contribution in [3.63, 3.8) is 0 Å². The third-order valence-electron chi connectivity index (χ3n) is 4.78. The highest BCUT2D eigenvalue weighted by atomic mass is 32.2. The number of carbonyl (C=O) groups is 1. The number of benzene rings is 1. The fraction of sp³-hybridized carbons (Fsp3) is 0.529. The number of nitriles is 1. The number of carbonyl (C=O) groups excluding carboxylic acids is 1. The standard InChI is InChI=1S/C17H19FN2OS/c18-13-3-5-14(6-4-13)22-10-12-2-1-11-9-15(11)16(12)17(21)20-8-7-19/h3-6,11-12,15-16H,1-2,8-10H2,(H,20,21). The summed E-state index contributed by atoms with van der Waals surface area (Å²) in [6.07, 6.45) is 3.43. The Morgan fingerprint density at radius 2 is 2.14 bits per heavy atom. The highest BCUT2D eigenvalue weighted by molar-refractivity contribution is 7.99. The van der Waals surface area contributed by atoms with Gasteiger partial charge in [0.1, 0.15) is 12.4 Å². The summed E-state index contributed by atoms with van der Waals surface area (Å²) in [6.45, 7) is 0.0878. The Hall–Kier alpha value is -1.54. The van der Waals surface area contributed by atoms with Crippen LogP contribution >= 0.6 is 11.8 Å². The molecule has 2 saturated carbocycles. The smallest absolute Gasteiger partial charge is 0.224 e. The van der Waals surface area contributed by atoms with Gasteiger partial charge in [0.05, 0.1) is 6.07 Å². The lowest BCUT2D eigenvalue weighted by Gasteiger charge is -2.30. The second-order valence-electron chi connectivity index (χ2n) is 6.16. The van der Waals surface area contributed by atoms with Crippen molar-refractivity contribution < 1.29 is 9.18 Å². The van der Waals surface area contributed by atoms with E-state index in [9.17, 15) is 9.18 Å². The summed E-state index contributed by atoms with van der Waals surface area (Å²) >= 11 is 1.69. The van der Waals surface area contributed by atoms with E-state index in [-0.39, 0.29) is 24.2 Å². The molecule has 2 fully saturated rings. The molecular weight excluding hydrogens is 299 g/mol. The van der Waals surface area contributed by atoms with Crippen molar-refractivity contribution in [2.75, 3.05) is 12.3 Å². The van der Waals surface area contributed by atoms with E-state index in [1.807, 2.05) is 6.07 Å². The van der Waals surface area contributed by atoms with E-state index in [0.717, 1.165) is 23.5 Å². The number of fused-ring (bicyclic) bond motifs is 1. The van der Waals surface area contributed by atoms with Gasteiger partial charge in [-0.3, -0.25) is 4.79 Å². The van der Waals surface area contributed by atoms with Crippen LogP contribution in [0.15, 0.2) is 29.2 Å². The molecule has 4 unspecified atom stereocenters. The van der Waals surface area contributed by atoms with E-state index in [1.165, 1.54) is 18.6 Å². The molecule has 1 amide bonds. The minimum absolute atomic E-state index is 0.0402. The molecule has 5 heteroatoms. The molecule has 0 saturated heterocycles. The molecule has 1 aromatic carbocycles. The second kappa shape index (κ2) is 6.70. The summed E-state index contributed by atoms with van der Waals surface area (Å²) in [5.74, 6) is 2.29. The van der Waals surface area contributed by atoms with Crippen molar-refractivity contribution in [1.82, 2.24) is 5.32 Å². The van der Waals surface area contributed by atoms with Gasteiger partial charge in [0, 0.05) is 16.6 Å². The predicted octanol–water partition coefficient (Wildman–Crippen LogP) is 3.22. The highest BCUT2D eigenvalue weighted by Crippen LogP contribution is 2.55. The minimum atomic E-state index is -0.225. The third kappa shape index (κ3) is 3.44. The lowest BCUT2D eigenvalue weighted by Crippen LogP contribution is -2.39. The maximum absolute atomic E-state index is 12.9. The van der Waals surface area contributed by atoms with Crippen LogP contribution in [0.5, 0.6) is 0 Å². The van der Waals surface area contributed by atoms with E-state index >= 15 is 0 Å². The van der Waals surface area contributed by atoms with Crippen molar-refractivity contribution in [3.8, 4) is 6.07 Å². The van der Waals surface area contributed by atoms with Crippen molar-refractivity contribution in [2.24, 2.45) is 23.7 Å². The molecule has 0 bridgehead atoms. The van der Waals surface area contributed by atoms with Gasteiger partial charge >= 0.3 is 0 Å². The number of hydrogen-bond donors (Lipinski definition) is 1. The first-order chi connectivity index (χ1) is 10.7. The van der Waals surface area contributed by atoms with Crippen molar-refractivity contribution >= 4 is 17.7 Å². The molecule has 0 aliphatic heterocycles. The van der Waals surface area contributed by atoms with Gasteiger partial charge in [0.25, 0.3) is 0 Å². The van der Waals surface area contributed by atoms with E-state index in [4.69, 9.17) is 5.26 Å². The monoisotopic (exact) mass is 318 g/mol. The van der Waals surface area contributed by atoms with Gasteiger partial charge in [-0.15, -0.1) is 11.8 Å². The van der Waals surface area contributed by atoms with Gasteiger partial charge in [-0.25, -0.2) is 4.39 Å². The molecule has 116 valence electrons. The van der Waals surface area contributed by atoms with Crippen LogP contribution in [-0.2, 0) is 4.79 Å². The molecule has 2 aliphatic carbocycles. The Morgan fingerprint density at radius 1 is 1.36 bits per heavy atom. The number of thioether (sulfide) groups is 1. The third-order valence-corrected chi connectivity index (χ3v) is 5.98. The zero-order valence-corrected chi connectivity index (χ0v) is 13.1. The topological polar surface area (TPSA) is 52.9 Å². The van der Waals surface area contributed by atoms with Gasteiger partial charge < -0.3 is 5.32 Å². The summed E-state index contributed by atoms with van der Waals surface area (Å²) in [5.41, 5.74) is 0. The summed E-state index contributed by atoms with van der Waals surface area (Å²) in [6, 6.07) is 8.48. The predicted molar refractivity (Wildman–Crippen MR) is 83.6 cm³/mol. The Labute approximate surface area is 134 Å². The average molecular weight is 318 g/mol. The molecule has 3 rings (SSSR count). The number of amides is 1. The van der Waals surface area contributed by atoms with Crippen molar-refractivity contribution in [3.05, 3.63) is 30.1 Å². The van der Waals surface area contributed by atoms with Crippen molar-refractivity contribution in [1.29, 1.82) is 5.26 Å². The largest absolute Gasteiger partial charge is 0.343 e. The molecule has 4 atom stereocenters. The van der Waals surface area contributed by atoms with Gasteiger partial charge in [0.2, 0.25) is 5.91 Å². The number of halogens is 1. The van der Waals surface area contributed by atoms with E-state index in [2.05, 4.69) is 5.32 Å². The SMILES string of the molecule is N#CCNC(=O)C1C(CSc2ccc(F)cc2)CCC2CC21. The van der Waals surface area contributed by atoms with Crippen LogP contribution < -0.4 is 5.32 Å². The molecular formula is C17H19FN2OS. The number of nitrogens with one attached hydrogen (secondary N) is 1. The quantitative estimate of drug-likeness (QED) is 0.670. The molecule has 0 heterocycles. The molecule has 22 heavy (non-hydrogen) atoms. The molecule has 0 aromatic heterocycles. The summed E-state index contributed by atoms with van der Waals surface area (Å²) in [4.78, 5) is 13.4. The molecule has 1 N–H and O–H groups in total. The zero-order chi connectivity index (χ0) is 15.5. The molecule has 2 aliphatic rings. The van der Waals surface area contributed by atoms with Gasteiger partial charge in [0.15, 0.2) is 0 Å².